The van der Waals surface area contributed by atoms with Crippen molar-refractivity contribution in [2.75, 3.05) is 20.2 Å². The minimum absolute atomic E-state index is 0.0267. The number of aromatic hydroxyl groups is 1. The maximum atomic E-state index is 12.1. The summed E-state index contributed by atoms with van der Waals surface area (Å²) in [6.45, 7) is -1.19. The Bertz CT molecular complexity index is 570. The molecule has 0 saturated heterocycles. The maximum Gasteiger partial charge on any atom is 0.345 e. The van der Waals surface area contributed by atoms with E-state index in [-0.39, 0.29) is 29.5 Å². The van der Waals surface area contributed by atoms with Gasteiger partial charge in [0, 0.05) is 24.6 Å². The van der Waals surface area contributed by atoms with E-state index in [0.29, 0.717) is 13.0 Å². The summed E-state index contributed by atoms with van der Waals surface area (Å²) in [6.07, 6.45) is -0.363. The number of alkyl halides is 2. The van der Waals surface area contributed by atoms with Crippen molar-refractivity contribution < 1.29 is 28.2 Å². The summed E-state index contributed by atoms with van der Waals surface area (Å²) in [7, 11) is 1.73. The molecule has 0 saturated carbocycles. The van der Waals surface area contributed by atoms with Crippen molar-refractivity contribution in [2.45, 2.75) is 26.1 Å². The molecule has 1 rings (SSSR count). The van der Waals surface area contributed by atoms with Crippen LogP contribution in [0.25, 0.3) is 0 Å². The zero-order chi connectivity index (χ0) is 18.1. The van der Waals surface area contributed by atoms with Crippen LogP contribution in [0.1, 0.15) is 23.7 Å². The summed E-state index contributed by atoms with van der Waals surface area (Å²) in [5, 5.41) is 22.6. The molecule has 134 valence electrons. The minimum atomic E-state index is -2.90. The molecule has 0 aromatic heterocycles. The molecule has 1 aromatic carbocycles. The molecule has 0 fully saturated rings. The summed E-state index contributed by atoms with van der Waals surface area (Å²) in [6, 6.07) is 3.81. The Labute approximate surface area is 138 Å². The highest BCUT2D eigenvalue weighted by atomic mass is 19.3. The molecular formula is C15H21F2N3O4. The van der Waals surface area contributed by atoms with Crippen molar-refractivity contribution in [3.8, 4) is 11.5 Å². The molecule has 0 radical (unpaired) electrons. The first-order chi connectivity index (χ1) is 11.3. The average Bonchev–Trinajstić information content (AvgIpc) is 2.50. The number of halogens is 2. The molecule has 1 amide bonds. The number of nitrogens with one attached hydrogen (secondary N) is 3. The molecule has 0 bridgehead atoms. The Balaban J connectivity index is 2.71. The predicted octanol–water partition coefficient (Wildman–Crippen LogP) is 1.72. The SMILES string of the molecule is CNCCC(=N)NC(=O)c1cc(O)cc(O[C@@H](C)COC(F)F)c1. The van der Waals surface area contributed by atoms with Gasteiger partial charge in [-0.25, -0.2) is 0 Å². The van der Waals surface area contributed by atoms with Gasteiger partial charge in [0.15, 0.2) is 0 Å². The van der Waals surface area contributed by atoms with Crippen molar-refractivity contribution >= 4 is 11.7 Å². The van der Waals surface area contributed by atoms with Crippen molar-refractivity contribution in [3.05, 3.63) is 23.8 Å². The van der Waals surface area contributed by atoms with Crippen LogP contribution in [0, 0.1) is 5.41 Å². The number of amidine groups is 1. The Morgan fingerprint density at radius 2 is 2.08 bits per heavy atom. The number of phenols is 1. The first-order valence-electron chi connectivity index (χ1n) is 7.25. The molecule has 0 aliphatic heterocycles. The standard InChI is InChI=1S/C15H21F2N3O4/c1-9(8-23-15(16)17)24-12-6-10(5-11(21)7-12)14(22)20-13(18)3-4-19-2/h5-7,9,15,19,21H,3-4,8H2,1-2H3,(H2,18,20,22)/t9-/m0/s1. The summed E-state index contributed by atoms with van der Waals surface area (Å²) < 4.78 is 33.4. The Morgan fingerprint density at radius 3 is 2.71 bits per heavy atom. The molecule has 1 atom stereocenters. The van der Waals surface area contributed by atoms with E-state index in [0.717, 1.165) is 0 Å². The molecule has 0 aliphatic rings. The van der Waals surface area contributed by atoms with Gasteiger partial charge in [-0.1, -0.05) is 0 Å². The Morgan fingerprint density at radius 1 is 1.38 bits per heavy atom. The van der Waals surface area contributed by atoms with Crippen molar-refractivity contribution in [1.82, 2.24) is 10.6 Å². The number of hydrogen-bond donors (Lipinski definition) is 4. The molecule has 24 heavy (non-hydrogen) atoms. The molecule has 0 spiro atoms. The lowest BCUT2D eigenvalue weighted by atomic mass is 10.2. The van der Waals surface area contributed by atoms with Gasteiger partial charge in [-0.2, -0.15) is 8.78 Å². The van der Waals surface area contributed by atoms with E-state index >= 15 is 0 Å². The second-order valence-electron chi connectivity index (χ2n) is 5.02. The van der Waals surface area contributed by atoms with E-state index in [4.69, 9.17) is 10.1 Å². The monoisotopic (exact) mass is 345 g/mol. The number of hydrogen-bond acceptors (Lipinski definition) is 6. The second-order valence-corrected chi connectivity index (χ2v) is 5.02. The van der Waals surface area contributed by atoms with Gasteiger partial charge in [-0.3, -0.25) is 10.2 Å². The topological polar surface area (TPSA) is 104 Å². The average molecular weight is 345 g/mol. The van der Waals surface area contributed by atoms with Crippen LogP contribution in [0.2, 0.25) is 0 Å². The van der Waals surface area contributed by atoms with Crippen LogP contribution < -0.4 is 15.4 Å². The number of amides is 1. The van der Waals surface area contributed by atoms with Gasteiger partial charge in [0.25, 0.3) is 5.91 Å². The van der Waals surface area contributed by atoms with Gasteiger partial charge < -0.3 is 25.2 Å². The summed E-state index contributed by atoms with van der Waals surface area (Å²) in [5.41, 5.74) is 0.0844. The van der Waals surface area contributed by atoms with E-state index in [1.165, 1.54) is 25.1 Å². The molecule has 0 aliphatic carbocycles. The third kappa shape index (κ3) is 7.34. The molecule has 0 heterocycles. The lowest BCUT2D eigenvalue weighted by Crippen LogP contribution is -2.31. The van der Waals surface area contributed by atoms with Crippen LogP contribution in [0.15, 0.2) is 18.2 Å². The zero-order valence-electron chi connectivity index (χ0n) is 13.4. The van der Waals surface area contributed by atoms with E-state index in [1.807, 2.05) is 0 Å². The fourth-order valence-corrected chi connectivity index (χ4v) is 1.78. The quantitative estimate of drug-likeness (QED) is 0.403. The second kappa shape index (κ2) is 9.78. The number of phenolic OH excluding ortho intramolecular Hbond substituents is 1. The fraction of sp³-hybridized carbons (Fsp3) is 0.467. The first kappa shape index (κ1) is 19.8. The van der Waals surface area contributed by atoms with Gasteiger partial charge >= 0.3 is 6.61 Å². The van der Waals surface area contributed by atoms with Crippen molar-refractivity contribution in [3.63, 3.8) is 0 Å². The third-order valence-electron chi connectivity index (χ3n) is 2.84. The van der Waals surface area contributed by atoms with E-state index in [2.05, 4.69) is 15.4 Å². The van der Waals surface area contributed by atoms with Crippen LogP contribution in [0.3, 0.4) is 0 Å². The van der Waals surface area contributed by atoms with Crippen LogP contribution in [0.4, 0.5) is 8.78 Å². The molecule has 9 heteroatoms. The normalized spacial score (nSPS) is 12.0. The Kier molecular flexibility index (Phi) is 8.07. The maximum absolute atomic E-state index is 12.1. The highest BCUT2D eigenvalue weighted by Crippen LogP contribution is 2.23. The number of rotatable bonds is 9. The number of carbonyl (C=O) groups excluding carboxylic acids is 1. The fourth-order valence-electron chi connectivity index (χ4n) is 1.78. The van der Waals surface area contributed by atoms with Crippen LogP contribution in [-0.2, 0) is 4.74 Å². The molecule has 0 unspecified atom stereocenters. The number of carbonyl (C=O) groups is 1. The van der Waals surface area contributed by atoms with Crippen molar-refractivity contribution in [2.24, 2.45) is 0 Å². The van der Waals surface area contributed by atoms with Gasteiger partial charge in [0.05, 0.1) is 6.61 Å². The van der Waals surface area contributed by atoms with Crippen LogP contribution >= 0.6 is 0 Å². The van der Waals surface area contributed by atoms with Crippen LogP contribution in [0.5, 0.6) is 11.5 Å². The molecule has 4 N–H and O–H groups in total. The lowest BCUT2D eigenvalue weighted by molar-refractivity contribution is -0.142. The summed E-state index contributed by atoms with van der Waals surface area (Å²) in [4.78, 5) is 12.1. The highest BCUT2D eigenvalue weighted by molar-refractivity contribution is 6.05. The Hall–Kier alpha value is -2.26. The van der Waals surface area contributed by atoms with Gasteiger partial charge in [-0.05, 0) is 26.1 Å². The largest absolute Gasteiger partial charge is 0.508 e. The molecule has 1 aromatic rings. The van der Waals surface area contributed by atoms with Gasteiger partial charge in [0.2, 0.25) is 0 Å². The van der Waals surface area contributed by atoms with Crippen LogP contribution in [-0.4, -0.2) is 49.8 Å². The summed E-state index contributed by atoms with van der Waals surface area (Å²) >= 11 is 0. The van der Waals surface area contributed by atoms with Gasteiger partial charge in [-0.15, -0.1) is 0 Å². The smallest absolute Gasteiger partial charge is 0.345 e. The number of benzene rings is 1. The summed E-state index contributed by atoms with van der Waals surface area (Å²) in [5.74, 6) is -0.638. The zero-order valence-corrected chi connectivity index (χ0v) is 13.4. The van der Waals surface area contributed by atoms with E-state index in [1.54, 1.807) is 7.05 Å². The van der Waals surface area contributed by atoms with E-state index in [9.17, 15) is 18.7 Å². The first-order valence-corrected chi connectivity index (χ1v) is 7.25. The predicted molar refractivity (Wildman–Crippen MR) is 83.9 cm³/mol. The lowest BCUT2D eigenvalue weighted by Gasteiger charge is -2.16. The number of ether oxygens (including phenoxy) is 2. The van der Waals surface area contributed by atoms with Gasteiger partial charge in [0.1, 0.15) is 23.4 Å². The third-order valence-corrected chi connectivity index (χ3v) is 2.84. The highest BCUT2D eigenvalue weighted by Gasteiger charge is 2.14. The molecular weight excluding hydrogens is 324 g/mol. The van der Waals surface area contributed by atoms with Crippen molar-refractivity contribution in [1.29, 1.82) is 5.41 Å². The molecule has 7 nitrogen and oxygen atoms in total. The minimum Gasteiger partial charge on any atom is -0.508 e. The van der Waals surface area contributed by atoms with E-state index < -0.39 is 18.6 Å².